The van der Waals surface area contributed by atoms with Gasteiger partial charge in [0.25, 0.3) is 0 Å². The van der Waals surface area contributed by atoms with Gasteiger partial charge in [-0.1, -0.05) is 21.7 Å². The van der Waals surface area contributed by atoms with Gasteiger partial charge < -0.3 is 13.6 Å². The fourth-order valence-corrected chi connectivity index (χ4v) is 2.76. The minimum Gasteiger partial charge on any atom is -0.364 e. The molecule has 8 heteroatoms. The van der Waals surface area contributed by atoms with Crippen molar-refractivity contribution in [3.63, 3.8) is 0 Å². The van der Waals surface area contributed by atoms with Gasteiger partial charge in [0.2, 0.25) is 5.89 Å². The van der Waals surface area contributed by atoms with Gasteiger partial charge in [-0.05, 0) is 13.8 Å². The predicted molar refractivity (Wildman–Crippen MR) is 75.4 cm³/mol. The average Bonchev–Trinajstić information content (AvgIpc) is 3.14. The minimum absolute atomic E-state index is 0.0346. The Labute approximate surface area is 124 Å². The average molecular weight is 306 g/mol. The van der Waals surface area contributed by atoms with Gasteiger partial charge in [-0.15, -0.1) is 0 Å². The lowest BCUT2D eigenvalue weighted by molar-refractivity contribution is 0.366. The number of thiazole rings is 1. The second-order valence-electron chi connectivity index (χ2n) is 4.75. The fraction of sp³-hybridized carbons (Fsp3) is 0.385. The first-order valence-electron chi connectivity index (χ1n) is 6.49. The van der Waals surface area contributed by atoms with Crippen molar-refractivity contribution < 1.29 is 9.05 Å². The summed E-state index contributed by atoms with van der Waals surface area (Å²) < 4.78 is 11.8. The van der Waals surface area contributed by atoms with E-state index in [-0.39, 0.29) is 4.87 Å². The molecule has 3 aromatic rings. The summed E-state index contributed by atoms with van der Waals surface area (Å²) in [5.41, 5.74) is 2.71. The maximum Gasteiger partial charge on any atom is 0.307 e. The Hall–Kier alpha value is -2.22. The smallest absolute Gasteiger partial charge is 0.307 e. The zero-order valence-corrected chi connectivity index (χ0v) is 12.5. The molecule has 0 aliphatic rings. The quantitative estimate of drug-likeness (QED) is 0.713. The van der Waals surface area contributed by atoms with Crippen molar-refractivity contribution in [2.45, 2.75) is 33.2 Å². The number of hydrogen-bond acceptors (Lipinski definition) is 7. The molecule has 0 saturated carbocycles. The molecule has 0 spiro atoms. The standard InChI is InChI=1S/C13H14N4O3S/c1-8-7-21-13(18)17(8)4-3-12-14-11(16-20-12)5-10-6-19-15-9(10)2/h6-7H,3-5H2,1-2H3. The van der Waals surface area contributed by atoms with Crippen molar-refractivity contribution >= 4 is 11.3 Å². The summed E-state index contributed by atoms with van der Waals surface area (Å²) >= 11 is 1.20. The molecule has 0 unspecified atom stereocenters. The van der Waals surface area contributed by atoms with E-state index in [0.717, 1.165) is 17.0 Å². The van der Waals surface area contributed by atoms with Crippen LogP contribution in [0.2, 0.25) is 0 Å². The summed E-state index contributed by atoms with van der Waals surface area (Å²) in [6.45, 7) is 4.32. The molecule has 0 amide bonds. The molecule has 0 radical (unpaired) electrons. The summed E-state index contributed by atoms with van der Waals surface area (Å²) in [5, 5.41) is 9.59. The van der Waals surface area contributed by atoms with Gasteiger partial charge in [0.05, 0.1) is 5.69 Å². The summed E-state index contributed by atoms with van der Waals surface area (Å²) in [7, 11) is 0. The second kappa shape index (κ2) is 5.65. The monoisotopic (exact) mass is 306 g/mol. The van der Waals surface area contributed by atoms with E-state index in [1.807, 2.05) is 19.2 Å². The molecule has 3 rings (SSSR count). The first-order valence-corrected chi connectivity index (χ1v) is 7.37. The van der Waals surface area contributed by atoms with Crippen LogP contribution in [0.5, 0.6) is 0 Å². The molecular formula is C13H14N4O3S. The Morgan fingerprint density at radius 1 is 1.33 bits per heavy atom. The highest BCUT2D eigenvalue weighted by Crippen LogP contribution is 2.11. The number of aryl methyl sites for hydroxylation is 3. The van der Waals surface area contributed by atoms with E-state index in [9.17, 15) is 4.79 Å². The highest BCUT2D eigenvalue weighted by atomic mass is 32.1. The van der Waals surface area contributed by atoms with Crippen LogP contribution in [-0.4, -0.2) is 19.9 Å². The van der Waals surface area contributed by atoms with Gasteiger partial charge in [-0.2, -0.15) is 4.98 Å². The van der Waals surface area contributed by atoms with E-state index in [0.29, 0.717) is 31.1 Å². The molecule has 3 heterocycles. The van der Waals surface area contributed by atoms with E-state index in [1.165, 1.54) is 11.3 Å². The summed E-state index contributed by atoms with van der Waals surface area (Å²) in [5.74, 6) is 1.11. The van der Waals surface area contributed by atoms with Crippen molar-refractivity contribution in [1.82, 2.24) is 19.9 Å². The van der Waals surface area contributed by atoms with Gasteiger partial charge in [-0.3, -0.25) is 4.79 Å². The van der Waals surface area contributed by atoms with Gasteiger partial charge in [-0.25, -0.2) is 0 Å². The third-order valence-electron chi connectivity index (χ3n) is 3.23. The van der Waals surface area contributed by atoms with Crippen LogP contribution in [0.3, 0.4) is 0 Å². The number of rotatable bonds is 5. The molecule has 21 heavy (non-hydrogen) atoms. The van der Waals surface area contributed by atoms with Crippen LogP contribution in [0.25, 0.3) is 0 Å². The fourth-order valence-electron chi connectivity index (χ4n) is 2.00. The molecule has 0 fully saturated rings. The molecule has 0 aromatic carbocycles. The molecule has 110 valence electrons. The van der Waals surface area contributed by atoms with Crippen molar-refractivity contribution in [2.75, 3.05) is 0 Å². The molecule has 0 aliphatic carbocycles. The maximum atomic E-state index is 11.6. The normalized spacial score (nSPS) is 11.1. The molecular weight excluding hydrogens is 292 g/mol. The summed E-state index contributed by atoms with van der Waals surface area (Å²) in [6.07, 6.45) is 2.64. The number of hydrogen-bond donors (Lipinski definition) is 0. The summed E-state index contributed by atoms with van der Waals surface area (Å²) in [4.78, 5) is 16.0. The van der Waals surface area contributed by atoms with Crippen molar-refractivity contribution in [1.29, 1.82) is 0 Å². The van der Waals surface area contributed by atoms with Crippen LogP contribution in [-0.2, 0) is 19.4 Å². The number of aromatic nitrogens is 4. The highest BCUT2D eigenvalue weighted by Gasteiger charge is 2.11. The van der Waals surface area contributed by atoms with Crippen LogP contribution < -0.4 is 4.87 Å². The van der Waals surface area contributed by atoms with Crippen molar-refractivity contribution in [2.24, 2.45) is 0 Å². The van der Waals surface area contributed by atoms with E-state index in [2.05, 4.69) is 15.3 Å². The highest BCUT2D eigenvalue weighted by molar-refractivity contribution is 7.07. The van der Waals surface area contributed by atoms with Gasteiger partial charge >= 0.3 is 4.87 Å². The molecule has 3 aromatic heterocycles. The van der Waals surface area contributed by atoms with Gasteiger partial charge in [0.15, 0.2) is 5.82 Å². The van der Waals surface area contributed by atoms with Crippen LogP contribution in [0.4, 0.5) is 0 Å². The van der Waals surface area contributed by atoms with Crippen LogP contribution in [0.15, 0.2) is 25.5 Å². The largest absolute Gasteiger partial charge is 0.364 e. The van der Waals surface area contributed by atoms with Crippen molar-refractivity contribution in [3.05, 3.63) is 50.0 Å². The van der Waals surface area contributed by atoms with Crippen molar-refractivity contribution in [3.8, 4) is 0 Å². The third-order valence-corrected chi connectivity index (χ3v) is 4.11. The SMILES string of the molecule is Cc1nocc1Cc1noc(CCn2c(C)csc2=O)n1. The minimum atomic E-state index is 0.0346. The second-order valence-corrected chi connectivity index (χ2v) is 5.57. The molecule has 0 N–H and O–H groups in total. The van der Waals surface area contributed by atoms with Gasteiger partial charge in [0.1, 0.15) is 6.26 Å². The van der Waals surface area contributed by atoms with E-state index in [1.54, 1.807) is 10.8 Å². The first kappa shape index (κ1) is 13.7. The third kappa shape index (κ3) is 2.94. The van der Waals surface area contributed by atoms with E-state index < -0.39 is 0 Å². The van der Waals surface area contributed by atoms with Gasteiger partial charge in [0, 0.05) is 36.0 Å². The zero-order chi connectivity index (χ0) is 14.8. The molecule has 0 aliphatic heterocycles. The lowest BCUT2D eigenvalue weighted by Crippen LogP contribution is -2.16. The van der Waals surface area contributed by atoms with Crippen LogP contribution in [0.1, 0.15) is 28.7 Å². The van der Waals surface area contributed by atoms with E-state index in [4.69, 9.17) is 9.05 Å². The molecule has 7 nitrogen and oxygen atoms in total. The first-order chi connectivity index (χ1) is 10.1. The maximum absolute atomic E-state index is 11.6. The van der Waals surface area contributed by atoms with Crippen LogP contribution in [0, 0.1) is 13.8 Å². The molecule has 0 saturated heterocycles. The Balaban J connectivity index is 1.66. The Bertz CT molecular complexity index is 798. The zero-order valence-electron chi connectivity index (χ0n) is 11.7. The van der Waals surface area contributed by atoms with Crippen LogP contribution >= 0.6 is 11.3 Å². The summed E-state index contributed by atoms with van der Waals surface area (Å²) in [6, 6.07) is 0. The topological polar surface area (TPSA) is 87.0 Å². The Kier molecular flexibility index (Phi) is 3.70. The lowest BCUT2D eigenvalue weighted by atomic mass is 10.2. The number of nitrogens with zero attached hydrogens (tertiary/aromatic N) is 4. The molecule has 0 bridgehead atoms. The Morgan fingerprint density at radius 2 is 2.19 bits per heavy atom. The van der Waals surface area contributed by atoms with E-state index >= 15 is 0 Å². The molecule has 0 atom stereocenters. The lowest BCUT2D eigenvalue weighted by Gasteiger charge is -2.00. The Morgan fingerprint density at radius 3 is 2.86 bits per heavy atom. The predicted octanol–water partition coefficient (Wildman–Crippen LogP) is 1.73.